The first kappa shape index (κ1) is 16.6. The quantitative estimate of drug-likeness (QED) is 0.674. The predicted molar refractivity (Wildman–Crippen MR) is 75.3 cm³/mol. The van der Waals surface area contributed by atoms with E-state index >= 15 is 0 Å². The summed E-state index contributed by atoms with van der Waals surface area (Å²) >= 11 is 0. The van der Waals surface area contributed by atoms with Crippen LogP contribution < -0.4 is 0 Å². The number of nitrogens with zero attached hydrogens (tertiary/aromatic N) is 1. The maximum atomic E-state index is 12.5. The van der Waals surface area contributed by atoms with Crippen LogP contribution in [0.4, 0.5) is 0 Å². The summed E-state index contributed by atoms with van der Waals surface area (Å²) in [5.74, 6) is 0.402. The van der Waals surface area contributed by atoms with Crippen LogP contribution in [-0.4, -0.2) is 29.3 Å². The van der Waals surface area contributed by atoms with Gasteiger partial charge in [-0.3, -0.25) is 9.69 Å². The number of Topliss-reactive ketones (excluding diaryl/α,β-unsaturated/α-hetero) is 1. The van der Waals surface area contributed by atoms with Crippen molar-refractivity contribution in [2.45, 2.75) is 73.3 Å². The Balaban J connectivity index is 4.69. The molecule has 0 aliphatic heterocycles. The molecule has 2 nitrogen and oxygen atoms in total. The van der Waals surface area contributed by atoms with Crippen molar-refractivity contribution in [2.24, 2.45) is 5.41 Å². The number of hydrogen-bond donors (Lipinski definition) is 0. The van der Waals surface area contributed by atoms with Gasteiger partial charge in [0.2, 0.25) is 0 Å². The lowest BCUT2D eigenvalue weighted by Crippen LogP contribution is -2.52. The van der Waals surface area contributed by atoms with Crippen LogP contribution in [0.5, 0.6) is 0 Å². The van der Waals surface area contributed by atoms with Crippen LogP contribution in [-0.2, 0) is 4.79 Å². The second kappa shape index (κ2) is 6.53. The number of likely N-dealkylation sites (N-methyl/N-ethyl adjacent to an activating group) is 1. The van der Waals surface area contributed by atoms with E-state index in [4.69, 9.17) is 0 Å². The lowest BCUT2D eigenvalue weighted by atomic mass is 9.83. The van der Waals surface area contributed by atoms with Gasteiger partial charge in [0.1, 0.15) is 0 Å². The van der Waals surface area contributed by atoms with Crippen LogP contribution in [0.1, 0.15) is 67.7 Å². The summed E-state index contributed by atoms with van der Waals surface area (Å²) in [5.41, 5.74) is -0.0255. The van der Waals surface area contributed by atoms with Gasteiger partial charge in [-0.15, -0.1) is 0 Å². The summed E-state index contributed by atoms with van der Waals surface area (Å²) in [5, 5.41) is 0. The molecule has 0 aliphatic rings. The molecule has 0 N–H and O–H groups in total. The minimum absolute atomic E-state index is 0.244. The third kappa shape index (κ3) is 4.79. The number of ketones is 1. The fraction of sp³-hybridized carbons (Fsp3) is 0.933. The minimum Gasteiger partial charge on any atom is -0.298 e. The highest BCUT2D eigenvalue weighted by Gasteiger charge is 2.35. The van der Waals surface area contributed by atoms with Gasteiger partial charge in [0.15, 0.2) is 5.78 Å². The van der Waals surface area contributed by atoms with E-state index in [-0.39, 0.29) is 11.0 Å². The highest BCUT2D eigenvalue weighted by molar-refractivity contribution is 5.88. The summed E-state index contributed by atoms with van der Waals surface area (Å²) in [6, 6.07) is 0. The Morgan fingerprint density at radius 1 is 1.00 bits per heavy atom. The van der Waals surface area contributed by atoms with Crippen molar-refractivity contribution in [1.29, 1.82) is 0 Å². The molecule has 17 heavy (non-hydrogen) atoms. The number of carbonyl (C=O) groups excluding carboxylic acids is 1. The maximum Gasteiger partial charge on any atom is 0.152 e. The Hall–Kier alpha value is -0.370. The number of carbonyl (C=O) groups is 1. The van der Waals surface area contributed by atoms with Crippen LogP contribution in [0, 0.1) is 5.41 Å². The largest absolute Gasteiger partial charge is 0.298 e. The van der Waals surface area contributed by atoms with Gasteiger partial charge in [-0.2, -0.15) is 0 Å². The molecule has 0 aliphatic carbocycles. The molecule has 0 amide bonds. The van der Waals surface area contributed by atoms with Crippen molar-refractivity contribution in [1.82, 2.24) is 4.90 Å². The van der Waals surface area contributed by atoms with Crippen LogP contribution in [0.25, 0.3) is 0 Å². The topological polar surface area (TPSA) is 20.3 Å². The van der Waals surface area contributed by atoms with Crippen molar-refractivity contribution < 1.29 is 4.79 Å². The Bertz CT molecular complexity index is 238. The maximum absolute atomic E-state index is 12.5. The minimum atomic E-state index is -0.269. The number of hydrogen-bond acceptors (Lipinski definition) is 2. The average Bonchev–Trinajstić information content (AvgIpc) is 2.25. The molecule has 0 aromatic carbocycles. The predicted octanol–water partition coefficient (Wildman–Crippen LogP) is 3.89. The molecular weight excluding hydrogens is 210 g/mol. The molecule has 102 valence electrons. The Kier molecular flexibility index (Phi) is 6.39. The van der Waals surface area contributed by atoms with Gasteiger partial charge in [0.05, 0.1) is 5.54 Å². The fourth-order valence-corrected chi connectivity index (χ4v) is 2.28. The van der Waals surface area contributed by atoms with E-state index in [0.29, 0.717) is 12.2 Å². The highest BCUT2D eigenvalue weighted by Crippen LogP contribution is 2.27. The van der Waals surface area contributed by atoms with Crippen LogP contribution in [0.15, 0.2) is 0 Å². The fourth-order valence-electron chi connectivity index (χ4n) is 2.28. The SMILES string of the molecule is CCN(CC)C(C)(CC)C(=O)CCC(C)(C)C. The van der Waals surface area contributed by atoms with Gasteiger partial charge in [-0.05, 0) is 38.3 Å². The van der Waals surface area contributed by atoms with Crippen molar-refractivity contribution in [3.63, 3.8) is 0 Å². The van der Waals surface area contributed by atoms with Gasteiger partial charge in [0, 0.05) is 6.42 Å². The summed E-state index contributed by atoms with van der Waals surface area (Å²) < 4.78 is 0. The molecule has 0 fully saturated rings. The monoisotopic (exact) mass is 241 g/mol. The molecule has 1 unspecified atom stereocenters. The molecule has 2 heteroatoms. The van der Waals surface area contributed by atoms with E-state index in [0.717, 1.165) is 25.9 Å². The van der Waals surface area contributed by atoms with Gasteiger partial charge < -0.3 is 0 Å². The molecule has 0 bridgehead atoms. The van der Waals surface area contributed by atoms with Crippen LogP contribution >= 0.6 is 0 Å². The molecule has 0 spiro atoms. The Morgan fingerprint density at radius 2 is 1.47 bits per heavy atom. The number of rotatable bonds is 7. The Morgan fingerprint density at radius 3 is 1.76 bits per heavy atom. The standard InChI is InChI=1S/C15H31NO/c1-8-15(7,16(9-2)10-3)13(17)11-12-14(4,5)6/h8-12H2,1-7H3. The van der Waals surface area contributed by atoms with E-state index in [1.807, 2.05) is 0 Å². The van der Waals surface area contributed by atoms with Crippen molar-refractivity contribution in [3.05, 3.63) is 0 Å². The molecule has 0 aromatic rings. The lowest BCUT2D eigenvalue weighted by molar-refractivity contribution is -0.131. The molecule has 1 atom stereocenters. The zero-order valence-electron chi connectivity index (χ0n) is 12.9. The summed E-state index contributed by atoms with van der Waals surface area (Å²) in [6.07, 6.45) is 2.57. The van der Waals surface area contributed by atoms with E-state index in [2.05, 4.69) is 53.4 Å². The first-order chi connectivity index (χ1) is 7.71. The van der Waals surface area contributed by atoms with Crippen LogP contribution in [0.2, 0.25) is 0 Å². The van der Waals surface area contributed by atoms with Crippen molar-refractivity contribution in [2.75, 3.05) is 13.1 Å². The van der Waals surface area contributed by atoms with E-state index in [1.54, 1.807) is 0 Å². The first-order valence-corrected chi connectivity index (χ1v) is 6.99. The molecule has 0 radical (unpaired) electrons. The van der Waals surface area contributed by atoms with Gasteiger partial charge in [0.25, 0.3) is 0 Å². The average molecular weight is 241 g/mol. The second-order valence-electron chi connectivity index (χ2n) is 6.28. The second-order valence-corrected chi connectivity index (χ2v) is 6.28. The van der Waals surface area contributed by atoms with E-state index in [9.17, 15) is 4.79 Å². The van der Waals surface area contributed by atoms with Gasteiger partial charge in [-0.25, -0.2) is 0 Å². The summed E-state index contributed by atoms with van der Waals surface area (Å²) in [4.78, 5) is 14.7. The third-order valence-electron chi connectivity index (χ3n) is 3.85. The molecule has 0 saturated heterocycles. The molecule has 0 saturated carbocycles. The third-order valence-corrected chi connectivity index (χ3v) is 3.85. The zero-order chi connectivity index (χ0) is 13.7. The Labute approximate surface area is 108 Å². The first-order valence-electron chi connectivity index (χ1n) is 6.99. The van der Waals surface area contributed by atoms with E-state index < -0.39 is 0 Å². The lowest BCUT2D eigenvalue weighted by Gasteiger charge is -2.39. The molecule has 0 heterocycles. The summed E-state index contributed by atoms with van der Waals surface area (Å²) in [7, 11) is 0. The smallest absolute Gasteiger partial charge is 0.152 e. The van der Waals surface area contributed by atoms with E-state index in [1.165, 1.54) is 0 Å². The van der Waals surface area contributed by atoms with Crippen molar-refractivity contribution in [3.8, 4) is 0 Å². The zero-order valence-corrected chi connectivity index (χ0v) is 12.9. The van der Waals surface area contributed by atoms with Crippen LogP contribution in [0.3, 0.4) is 0 Å². The molecule has 0 aromatic heterocycles. The molecule has 0 rings (SSSR count). The van der Waals surface area contributed by atoms with Crippen molar-refractivity contribution >= 4 is 5.78 Å². The summed E-state index contributed by atoms with van der Waals surface area (Å²) in [6.45, 7) is 17.0. The molecular formula is C15H31NO. The normalized spacial score (nSPS) is 16.0. The van der Waals surface area contributed by atoms with Gasteiger partial charge >= 0.3 is 0 Å². The van der Waals surface area contributed by atoms with Gasteiger partial charge in [-0.1, -0.05) is 41.5 Å². The highest BCUT2D eigenvalue weighted by atomic mass is 16.1.